The first kappa shape index (κ1) is 13.5. The Bertz CT molecular complexity index is 905. The van der Waals surface area contributed by atoms with Crippen molar-refractivity contribution < 1.29 is 12.8 Å². The predicted octanol–water partition coefficient (Wildman–Crippen LogP) is 3.11. The molecule has 0 amide bonds. The second-order valence-electron chi connectivity index (χ2n) is 4.06. The van der Waals surface area contributed by atoms with Gasteiger partial charge in [0, 0.05) is 0 Å². The Balaban J connectivity index is 2.17. The minimum Gasteiger partial charge on any atom is -0.422 e. The van der Waals surface area contributed by atoms with Crippen LogP contribution in [0.15, 0.2) is 62.2 Å². The quantitative estimate of drug-likeness (QED) is 0.741. The van der Waals surface area contributed by atoms with Crippen molar-refractivity contribution in [1.82, 2.24) is 4.98 Å². The molecule has 3 rings (SSSR count). The van der Waals surface area contributed by atoms with Crippen LogP contribution in [0.1, 0.15) is 5.69 Å². The van der Waals surface area contributed by atoms with Crippen LogP contribution in [0.3, 0.4) is 0 Å². The van der Waals surface area contributed by atoms with Crippen LogP contribution in [0.4, 0.5) is 0 Å². The van der Waals surface area contributed by atoms with Gasteiger partial charge in [0.1, 0.15) is 6.07 Å². The van der Waals surface area contributed by atoms with Crippen LogP contribution in [0.25, 0.3) is 10.8 Å². The second kappa shape index (κ2) is 5.16. The molecule has 2 heterocycles. The van der Waals surface area contributed by atoms with E-state index in [1.54, 1.807) is 36.4 Å². The second-order valence-corrected chi connectivity index (χ2v) is 6.86. The Morgan fingerprint density at radius 3 is 2.52 bits per heavy atom. The van der Waals surface area contributed by atoms with Crippen molar-refractivity contribution in [2.24, 2.45) is 0 Å². The van der Waals surface area contributed by atoms with E-state index in [-0.39, 0.29) is 16.5 Å². The molecule has 0 aliphatic carbocycles. The maximum atomic E-state index is 12.5. The molecule has 0 radical (unpaired) electrons. The molecule has 0 spiro atoms. The smallest absolute Gasteiger partial charge is 0.261 e. The summed E-state index contributed by atoms with van der Waals surface area (Å²) in [6, 6.07) is 13.1. The van der Waals surface area contributed by atoms with Crippen molar-refractivity contribution in [2.75, 3.05) is 0 Å². The average Bonchev–Trinajstić information content (AvgIpc) is 3.17. The van der Waals surface area contributed by atoms with E-state index < -0.39 is 14.9 Å². The first-order valence-corrected chi connectivity index (χ1v) is 8.24. The summed E-state index contributed by atoms with van der Waals surface area (Å²) in [7, 11) is -3.90. The molecule has 2 aromatic heterocycles. The summed E-state index contributed by atoms with van der Waals surface area (Å²) in [6.07, 6.45) is 0. The highest BCUT2D eigenvalue weighted by Crippen LogP contribution is 2.31. The SMILES string of the molecule is N#Cc1nc(-c2cccs2)oc1S(=O)(=O)c1ccccc1. The molecule has 0 saturated carbocycles. The van der Waals surface area contributed by atoms with Crippen molar-refractivity contribution in [3.05, 3.63) is 53.5 Å². The molecular weight excluding hydrogens is 308 g/mol. The van der Waals surface area contributed by atoms with Crippen LogP contribution >= 0.6 is 11.3 Å². The summed E-state index contributed by atoms with van der Waals surface area (Å²) < 4.78 is 30.4. The van der Waals surface area contributed by atoms with Gasteiger partial charge in [0.15, 0.2) is 5.69 Å². The van der Waals surface area contributed by atoms with Gasteiger partial charge in [0.25, 0.3) is 5.09 Å². The molecule has 0 unspecified atom stereocenters. The van der Waals surface area contributed by atoms with Crippen LogP contribution in [0.5, 0.6) is 0 Å². The molecule has 0 saturated heterocycles. The molecule has 0 fully saturated rings. The van der Waals surface area contributed by atoms with Gasteiger partial charge < -0.3 is 4.42 Å². The van der Waals surface area contributed by atoms with Gasteiger partial charge in [-0.15, -0.1) is 11.3 Å². The fourth-order valence-corrected chi connectivity index (χ4v) is 3.68. The van der Waals surface area contributed by atoms with Crippen molar-refractivity contribution in [3.63, 3.8) is 0 Å². The highest BCUT2D eigenvalue weighted by atomic mass is 32.2. The Kier molecular flexibility index (Phi) is 3.33. The summed E-state index contributed by atoms with van der Waals surface area (Å²) >= 11 is 1.35. The number of aromatic nitrogens is 1. The number of oxazole rings is 1. The maximum absolute atomic E-state index is 12.5. The Hall–Kier alpha value is -2.43. The van der Waals surface area contributed by atoms with Crippen LogP contribution in [0.2, 0.25) is 0 Å². The highest BCUT2D eigenvalue weighted by molar-refractivity contribution is 7.91. The van der Waals surface area contributed by atoms with E-state index in [1.165, 1.54) is 23.5 Å². The molecule has 1 aromatic carbocycles. The third-order valence-electron chi connectivity index (χ3n) is 2.73. The van der Waals surface area contributed by atoms with E-state index in [4.69, 9.17) is 9.68 Å². The first-order valence-electron chi connectivity index (χ1n) is 5.88. The minimum absolute atomic E-state index is 0.0652. The van der Waals surface area contributed by atoms with E-state index in [0.29, 0.717) is 4.88 Å². The molecule has 0 atom stereocenters. The number of hydrogen-bond donors (Lipinski definition) is 0. The average molecular weight is 316 g/mol. The standard InChI is InChI=1S/C14H8N2O3S2/c15-9-11-14(19-13(16-11)12-7-4-8-20-12)21(17,18)10-5-2-1-3-6-10/h1-8H. The maximum Gasteiger partial charge on any atom is 0.261 e. The van der Waals surface area contributed by atoms with Crippen LogP contribution < -0.4 is 0 Å². The number of benzene rings is 1. The Morgan fingerprint density at radius 2 is 1.90 bits per heavy atom. The fraction of sp³-hybridized carbons (Fsp3) is 0. The number of nitrogens with zero attached hydrogens (tertiary/aromatic N) is 2. The van der Waals surface area contributed by atoms with Gasteiger partial charge >= 0.3 is 0 Å². The first-order chi connectivity index (χ1) is 10.1. The summed E-state index contributed by atoms with van der Waals surface area (Å²) in [5, 5.41) is 10.5. The van der Waals surface area contributed by atoms with Gasteiger partial charge in [-0.2, -0.15) is 10.2 Å². The van der Waals surface area contributed by atoms with E-state index in [9.17, 15) is 8.42 Å². The van der Waals surface area contributed by atoms with E-state index >= 15 is 0 Å². The molecule has 0 bridgehead atoms. The monoisotopic (exact) mass is 316 g/mol. The predicted molar refractivity (Wildman–Crippen MR) is 76.4 cm³/mol. The molecular formula is C14H8N2O3S2. The van der Waals surface area contributed by atoms with E-state index in [1.807, 2.05) is 5.38 Å². The molecule has 104 valence electrons. The molecule has 7 heteroatoms. The van der Waals surface area contributed by atoms with Gasteiger partial charge in [-0.05, 0) is 23.6 Å². The molecule has 0 aliphatic heterocycles. The number of hydrogen-bond acceptors (Lipinski definition) is 6. The van der Waals surface area contributed by atoms with Gasteiger partial charge in [0.05, 0.1) is 9.77 Å². The van der Waals surface area contributed by atoms with E-state index in [0.717, 1.165) is 0 Å². The lowest BCUT2D eigenvalue weighted by Gasteiger charge is -2.00. The van der Waals surface area contributed by atoms with Gasteiger partial charge in [-0.25, -0.2) is 8.42 Å². The zero-order valence-electron chi connectivity index (χ0n) is 10.6. The number of sulfone groups is 1. The van der Waals surface area contributed by atoms with Crippen LogP contribution in [0, 0.1) is 11.3 Å². The van der Waals surface area contributed by atoms with Gasteiger partial charge in [-0.3, -0.25) is 0 Å². The topological polar surface area (TPSA) is 84.0 Å². The van der Waals surface area contributed by atoms with Crippen molar-refractivity contribution in [2.45, 2.75) is 9.99 Å². The summed E-state index contributed by atoms with van der Waals surface area (Å²) in [4.78, 5) is 4.70. The molecule has 3 aromatic rings. The highest BCUT2D eigenvalue weighted by Gasteiger charge is 2.28. The third-order valence-corrected chi connectivity index (χ3v) is 5.25. The van der Waals surface area contributed by atoms with Crippen molar-refractivity contribution >= 4 is 21.2 Å². The normalized spacial score (nSPS) is 11.2. The molecule has 0 aliphatic rings. The lowest BCUT2D eigenvalue weighted by molar-refractivity contribution is 0.458. The third kappa shape index (κ3) is 2.35. The summed E-state index contributed by atoms with van der Waals surface area (Å²) in [5.74, 6) is 0.135. The lowest BCUT2D eigenvalue weighted by atomic mass is 10.4. The Morgan fingerprint density at radius 1 is 1.14 bits per heavy atom. The van der Waals surface area contributed by atoms with Crippen molar-refractivity contribution in [3.8, 4) is 16.8 Å². The number of rotatable bonds is 3. The van der Waals surface area contributed by atoms with Crippen LogP contribution in [-0.2, 0) is 9.84 Å². The molecule has 0 N–H and O–H groups in total. The lowest BCUT2D eigenvalue weighted by Crippen LogP contribution is -2.02. The Labute approximate surface area is 125 Å². The minimum atomic E-state index is -3.90. The van der Waals surface area contributed by atoms with Crippen molar-refractivity contribution in [1.29, 1.82) is 5.26 Å². The van der Waals surface area contributed by atoms with Gasteiger partial charge in [0.2, 0.25) is 15.7 Å². The van der Waals surface area contributed by atoms with E-state index in [2.05, 4.69) is 4.98 Å². The van der Waals surface area contributed by atoms with Crippen LogP contribution in [-0.4, -0.2) is 13.4 Å². The summed E-state index contributed by atoms with van der Waals surface area (Å²) in [5.41, 5.74) is -0.234. The zero-order valence-corrected chi connectivity index (χ0v) is 12.2. The summed E-state index contributed by atoms with van der Waals surface area (Å²) in [6.45, 7) is 0. The molecule has 21 heavy (non-hydrogen) atoms. The molecule has 5 nitrogen and oxygen atoms in total. The number of thiophene rings is 1. The fourth-order valence-electron chi connectivity index (χ4n) is 1.77. The zero-order chi connectivity index (χ0) is 14.9. The largest absolute Gasteiger partial charge is 0.422 e. The number of nitriles is 1. The van der Waals surface area contributed by atoms with Gasteiger partial charge in [-0.1, -0.05) is 24.3 Å².